The fourth-order valence-corrected chi connectivity index (χ4v) is 3.36. The van der Waals surface area contributed by atoms with Crippen molar-refractivity contribution in [2.24, 2.45) is 0 Å². The lowest BCUT2D eigenvalue weighted by Gasteiger charge is -2.06. The molecule has 1 heterocycles. The number of hydrogen-bond donors (Lipinski definition) is 1. The second-order valence-corrected chi connectivity index (χ2v) is 6.60. The number of Topliss-reactive ketones (excluding diaryl/α,β-unsaturated/α-hetero) is 1. The number of carbonyl (C=O) groups excluding carboxylic acids is 1. The number of para-hydroxylation sites is 1. The lowest BCUT2D eigenvalue weighted by Crippen LogP contribution is -2.27. The van der Waals surface area contributed by atoms with Crippen molar-refractivity contribution in [1.82, 2.24) is 9.13 Å². The molecule has 2 aromatic carbocycles. The van der Waals surface area contributed by atoms with Gasteiger partial charge in [-0.05, 0) is 24.5 Å². The molecule has 0 aliphatic carbocycles. The van der Waals surface area contributed by atoms with E-state index in [9.17, 15) is 4.79 Å². The standard InChI is InChI=1S/C21H24BN3O/c1-3-5-13-24-20-15(4-2)7-6-8-18(20)25(21(24)23)14-19(26)16-9-11-17(22)12-10-16/h6-12,23H,3-5,13-14H2,1-2H3. The average Bonchev–Trinajstić information content (AvgIpc) is 2.92. The molecule has 0 saturated carbocycles. The third kappa shape index (κ3) is 3.39. The van der Waals surface area contributed by atoms with E-state index in [-0.39, 0.29) is 12.3 Å². The number of nitrogens with zero attached hydrogens (tertiary/aromatic N) is 2. The summed E-state index contributed by atoms with van der Waals surface area (Å²) in [5.41, 5.74) is 4.89. The van der Waals surface area contributed by atoms with Crippen molar-refractivity contribution in [2.75, 3.05) is 0 Å². The zero-order valence-corrected chi connectivity index (χ0v) is 15.5. The van der Waals surface area contributed by atoms with E-state index < -0.39 is 0 Å². The van der Waals surface area contributed by atoms with Crippen molar-refractivity contribution in [3.8, 4) is 0 Å². The van der Waals surface area contributed by atoms with Gasteiger partial charge < -0.3 is 9.13 Å². The fourth-order valence-electron chi connectivity index (χ4n) is 3.36. The van der Waals surface area contributed by atoms with Gasteiger partial charge in [-0.2, -0.15) is 0 Å². The van der Waals surface area contributed by atoms with Gasteiger partial charge in [0.15, 0.2) is 5.78 Å². The van der Waals surface area contributed by atoms with Gasteiger partial charge in [0.1, 0.15) is 7.85 Å². The van der Waals surface area contributed by atoms with Crippen LogP contribution in [-0.2, 0) is 19.5 Å². The highest BCUT2D eigenvalue weighted by molar-refractivity contribution is 6.32. The molecule has 26 heavy (non-hydrogen) atoms. The van der Waals surface area contributed by atoms with Gasteiger partial charge in [0.05, 0.1) is 17.6 Å². The highest BCUT2D eigenvalue weighted by Gasteiger charge is 2.16. The van der Waals surface area contributed by atoms with Crippen molar-refractivity contribution in [3.63, 3.8) is 0 Å². The molecule has 3 aromatic rings. The first-order valence-corrected chi connectivity index (χ1v) is 9.21. The molecule has 3 rings (SSSR count). The van der Waals surface area contributed by atoms with Gasteiger partial charge in [0, 0.05) is 12.1 Å². The van der Waals surface area contributed by atoms with Crippen LogP contribution in [0.5, 0.6) is 0 Å². The molecule has 0 saturated heterocycles. The van der Waals surface area contributed by atoms with Crippen LogP contribution in [0.2, 0.25) is 0 Å². The van der Waals surface area contributed by atoms with Crippen LogP contribution in [-0.4, -0.2) is 22.8 Å². The molecule has 0 atom stereocenters. The Hall–Kier alpha value is -2.56. The summed E-state index contributed by atoms with van der Waals surface area (Å²) >= 11 is 0. The smallest absolute Gasteiger partial charge is 0.203 e. The van der Waals surface area contributed by atoms with Crippen LogP contribution >= 0.6 is 0 Å². The maximum atomic E-state index is 12.7. The van der Waals surface area contributed by atoms with Crippen molar-refractivity contribution < 1.29 is 4.79 Å². The van der Waals surface area contributed by atoms with E-state index in [4.69, 9.17) is 13.3 Å². The summed E-state index contributed by atoms with van der Waals surface area (Å²) in [5, 5.41) is 8.67. The van der Waals surface area contributed by atoms with Crippen LogP contribution in [0.25, 0.3) is 11.0 Å². The number of carbonyl (C=O) groups is 1. The molecule has 0 aliphatic heterocycles. The van der Waals surface area contributed by atoms with Gasteiger partial charge >= 0.3 is 0 Å². The number of imidazole rings is 1. The zero-order valence-electron chi connectivity index (χ0n) is 15.5. The van der Waals surface area contributed by atoms with E-state index in [2.05, 4.69) is 19.9 Å². The van der Waals surface area contributed by atoms with E-state index in [1.54, 1.807) is 24.3 Å². The average molecular weight is 345 g/mol. The second-order valence-electron chi connectivity index (χ2n) is 6.60. The highest BCUT2D eigenvalue weighted by atomic mass is 16.1. The predicted octanol–water partition coefficient (Wildman–Crippen LogP) is 2.96. The van der Waals surface area contributed by atoms with E-state index in [1.165, 1.54) is 5.56 Å². The molecule has 1 N–H and O–H groups in total. The number of aryl methyl sites for hydroxylation is 2. The first kappa shape index (κ1) is 18.2. The van der Waals surface area contributed by atoms with Crippen LogP contribution in [0.1, 0.15) is 42.6 Å². The largest absolute Gasteiger partial charge is 0.310 e. The lowest BCUT2D eigenvalue weighted by molar-refractivity contribution is 0.0971. The molecule has 0 fully saturated rings. The highest BCUT2D eigenvalue weighted by Crippen LogP contribution is 2.20. The third-order valence-electron chi connectivity index (χ3n) is 4.82. The van der Waals surface area contributed by atoms with Gasteiger partial charge in [-0.25, -0.2) is 0 Å². The Morgan fingerprint density at radius 1 is 1.08 bits per heavy atom. The number of fused-ring (bicyclic) bond motifs is 1. The topological polar surface area (TPSA) is 50.8 Å². The minimum atomic E-state index is -0.0139. The Labute approximate surface area is 155 Å². The Morgan fingerprint density at radius 2 is 1.81 bits per heavy atom. The van der Waals surface area contributed by atoms with Crippen LogP contribution in [0.15, 0.2) is 42.5 Å². The molecule has 4 nitrogen and oxygen atoms in total. The summed E-state index contributed by atoms with van der Waals surface area (Å²) < 4.78 is 3.87. The van der Waals surface area contributed by atoms with Crippen molar-refractivity contribution in [1.29, 1.82) is 5.41 Å². The quantitative estimate of drug-likeness (QED) is 0.519. The molecular weight excluding hydrogens is 321 g/mol. The van der Waals surface area contributed by atoms with E-state index in [0.717, 1.165) is 36.8 Å². The summed E-state index contributed by atoms with van der Waals surface area (Å²) in [5.74, 6) is -0.0139. The predicted molar refractivity (Wildman–Crippen MR) is 106 cm³/mol. The van der Waals surface area contributed by atoms with Crippen LogP contribution in [0.3, 0.4) is 0 Å². The number of rotatable bonds is 7. The molecule has 132 valence electrons. The van der Waals surface area contributed by atoms with Crippen LogP contribution in [0.4, 0.5) is 0 Å². The second kappa shape index (κ2) is 7.77. The SMILES string of the molecule is [B]c1ccc(C(=O)Cn2c(=N)n(CCCC)c3c(CC)cccc32)cc1. The minimum Gasteiger partial charge on any atom is -0.310 e. The first-order chi connectivity index (χ1) is 12.6. The maximum Gasteiger partial charge on any atom is 0.203 e. The number of aromatic nitrogens is 2. The minimum absolute atomic E-state index is 0.0139. The normalized spacial score (nSPS) is 11.2. The number of unbranched alkanes of at least 4 members (excludes halogenated alkanes) is 1. The van der Waals surface area contributed by atoms with Gasteiger partial charge in [-0.15, -0.1) is 0 Å². The molecular formula is C21H24BN3O. The molecule has 0 bridgehead atoms. The Morgan fingerprint density at radius 3 is 2.46 bits per heavy atom. The summed E-state index contributed by atoms with van der Waals surface area (Å²) in [7, 11) is 5.71. The summed E-state index contributed by atoms with van der Waals surface area (Å²) in [6.45, 7) is 5.23. The van der Waals surface area contributed by atoms with Crippen molar-refractivity contribution in [2.45, 2.75) is 46.2 Å². The summed E-state index contributed by atoms with van der Waals surface area (Å²) in [4.78, 5) is 12.7. The lowest BCUT2D eigenvalue weighted by atomic mass is 9.94. The first-order valence-electron chi connectivity index (χ1n) is 9.21. The summed E-state index contributed by atoms with van der Waals surface area (Å²) in [6, 6.07) is 13.1. The molecule has 1 aromatic heterocycles. The molecule has 0 aliphatic rings. The Balaban J connectivity index is 2.08. The van der Waals surface area contributed by atoms with E-state index in [0.29, 0.717) is 16.6 Å². The summed E-state index contributed by atoms with van der Waals surface area (Å²) in [6.07, 6.45) is 2.98. The van der Waals surface area contributed by atoms with Crippen molar-refractivity contribution in [3.05, 3.63) is 59.2 Å². The molecule has 0 spiro atoms. The number of nitrogens with one attached hydrogen (secondary N) is 1. The van der Waals surface area contributed by atoms with Gasteiger partial charge in [-0.1, -0.05) is 62.1 Å². The van der Waals surface area contributed by atoms with Crippen molar-refractivity contribution >= 4 is 30.1 Å². The number of ketones is 1. The number of benzene rings is 2. The van der Waals surface area contributed by atoms with Gasteiger partial charge in [0.25, 0.3) is 0 Å². The number of hydrogen-bond acceptors (Lipinski definition) is 2. The fraction of sp³-hybridized carbons (Fsp3) is 0.333. The maximum absolute atomic E-state index is 12.7. The van der Waals surface area contributed by atoms with E-state index >= 15 is 0 Å². The Bertz CT molecular complexity index is 983. The van der Waals surface area contributed by atoms with Crippen LogP contribution in [0, 0.1) is 5.41 Å². The zero-order chi connectivity index (χ0) is 18.7. The van der Waals surface area contributed by atoms with E-state index in [1.807, 2.05) is 21.3 Å². The van der Waals surface area contributed by atoms with Gasteiger partial charge in [-0.3, -0.25) is 10.2 Å². The molecule has 2 radical (unpaired) electrons. The molecule has 0 unspecified atom stereocenters. The van der Waals surface area contributed by atoms with Crippen LogP contribution < -0.4 is 11.1 Å². The Kier molecular flexibility index (Phi) is 5.45. The third-order valence-corrected chi connectivity index (χ3v) is 4.82. The van der Waals surface area contributed by atoms with Gasteiger partial charge in [0.2, 0.25) is 5.62 Å². The molecule has 5 heteroatoms. The monoisotopic (exact) mass is 345 g/mol. The molecule has 0 amide bonds.